The molecule has 1 amide bonds. The van der Waals surface area contributed by atoms with Gasteiger partial charge in [-0.3, -0.25) is 4.79 Å². The topological polar surface area (TPSA) is 106 Å². The largest absolute Gasteiger partial charge is 0.497 e. The van der Waals surface area contributed by atoms with Crippen molar-refractivity contribution in [3.05, 3.63) is 29.8 Å². The molecule has 1 aromatic rings. The molecular weight excluding hydrogens is 318 g/mol. The van der Waals surface area contributed by atoms with Crippen LogP contribution in [0, 0.1) is 0 Å². The van der Waals surface area contributed by atoms with Crippen molar-refractivity contribution in [1.82, 2.24) is 5.32 Å². The molecule has 2 fully saturated rings. The summed E-state index contributed by atoms with van der Waals surface area (Å²) < 4.78 is 22.0. The minimum absolute atomic E-state index is 0.155. The first kappa shape index (κ1) is 17.1. The molecule has 3 N–H and O–H groups in total. The number of nitrogens with one attached hydrogen (secondary N) is 1. The number of aliphatic hydroxyl groups is 2. The minimum Gasteiger partial charge on any atom is -0.497 e. The van der Waals surface area contributed by atoms with Crippen molar-refractivity contribution in [1.29, 1.82) is 0 Å². The molecule has 24 heavy (non-hydrogen) atoms. The molecule has 6 atom stereocenters. The molecule has 2 aliphatic heterocycles. The predicted octanol–water partition coefficient (Wildman–Crippen LogP) is -0.308. The number of rotatable bonds is 3. The van der Waals surface area contributed by atoms with Crippen molar-refractivity contribution < 1.29 is 34.0 Å². The third-order valence-electron chi connectivity index (χ3n) is 4.14. The lowest BCUT2D eigenvalue weighted by Crippen LogP contribution is -2.66. The first-order chi connectivity index (χ1) is 11.5. The van der Waals surface area contributed by atoms with Crippen molar-refractivity contribution in [2.24, 2.45) is 0 Å². The highest BCUT2D eigenvalue weighted by atomic mass is 16.7. The molecule has 2 heterocycles. The number of amides is 1. The highest BCUT2D eigenvalue weighted by Crippen LogP contribution is 2.34. The van der Waals surface area contributed by atoms with Gasteiger partial charge in [0.05, 0.1) is 13.7 Å². The summed E-state index contributed by atoms with van der Waals surface area (Å²) in [4.78, 5) is 11.2. The van der Waals surface area contributed by atoms with Gasteiger partial charge in [-0.2, -0.15) is 0 Å². The minimum atomic E-state index is -1.32. The number of hydrogen-bond donors (Lipinski definition) is 3. The van der Waals surface area contributed by atoms with Gasteiger partial charge >= 0.3 is 0 Å². The van der Waals surface area contributed by atoms with Crippen molar-refractivity contribution in [3.8, 4) is 5.75 Å². The van der Waals surface area contributed by atoms with Crippen LogP contribution in [-0.4, -0.2) is 60.5 Å². The van der Waals surface area contributed by atoms with Gasteiger partial charge in [0.25, 0.3) is 0 Å². The normalized spacial score (nSPS) is 35.8. The molecule has 0 radical (unpaired) electrons. The van der Waals surface area contributed by atoms with Gasteiger partial charge in [-0.1, -0.05) is 12.1 Å². The van der Waals surface area contributed by atoms with Crippen LogP contribution >= 0.6 is 0 Å². The smallest absolute Gasteiger partial charge is 0.217 e. The maximum atomic E-state index is 11.2. The molecule has 0 aliphatic carbocycles. The van der Waals surface area contributed by atoms with Crippen LogP contribution in [0.5, 0.6) is 5.75 Å². The van der Waals surface area contributed by atoms with Gasteiger partial charge in [0, 0.05) is 12.5 Å². The summed E-state index contributed by atoms with van der Waals surface area (Å²) in [6.07, 6.45) is -4.47. The summed E-state index contributed by atoms with van der Waals surface area (Å²) in [6.45, 7) is 1.46. The first-order valence-corrected chi connectivity index (χ1v) is 7.69. The molecule has 1 aromatic carbocycles. The summed E-state index contributed by atoms with van der Waals surface area (Å²) in [5.41, 5.74) is 0.767. The van der Waals surface area contributed by atoms with Crippen molar-refractivity contribution >= 4 is 5.91 Å². The van der Waals surface area contributed by atoms with Crippen LogP contribution in [0.15, 0.2) is 24.3 Å². The summed E-state index contributed by atoms with van der Waals surface area (Å²) in [5.74, 6) is 0.334. The molecule has 2 saturated heterocycles. The number of methoxy groups -OCH3 is 1. The van der Waals surface area contributed by atoms with E-state index in [4.69, 9.17) is 18.9 Å². The highest BCUT2D eigenvalue weighted by molar-refractivity contribution is 5.73. The Bertz CT molecular complexity index is 578. The lowest BCUT2D eigenvalue weighted by molar-refractivity contribution is -0.337. The quantitative estimate of drug-likeness (QED) is 0.694. The van der Waals surface area contributed by atoms with Crippen LogP contribution in [0.4, 0.5) is 0 Å². The van der Waals surface area contributed by atoms with Crippen molar-refractivity contribution in [2.45, 2.75) is 43.9 Å². The van der Waals surface area contributed by atoms with Gasteiger partial charge in [0.1, 0.15) is 30.1 Å². The molecule has 132 valence electrons. The third kappa shape index (κ3) is 3.38. The van der Waals surface area contributed by atoms with Crippen LogP contribution in [0.3, 0.4) is 0 Å². The molecular formula is C16H21NO7. The Kier molecular flexibility index (Phi) is 5.02. The van der Waals surface area contributed by atoms with Crippen molar-refractivity contribution in [2.75, 3.05) is 13.7 Å². The van der Waals surface area contributed by atoms with Gasteiger partial charge in [-0.15, -0.1) is 0 Å². The second kappa shape index (κ2) is 7.04. The van der Waals surface area contributed by atoms with Gasteiger partial charge < -0.3 is 34.5 Å². The Labute approximate surface area is 139 Å². The van der Waals surface area contributed by atoms with Crippen LogP contribution in [0.1, 0.15) is 18.8 Å². The lowest BCUT2D eigenvalue weighted by atomic mass is 9.96. The number of ether oxygens (including phenoxy) is 4. The number of fused-ring (bicyclic) bond motifs is 1. The third-order valence-corrected chi connectivity index (χ3v) is 4.14. The number of carbonyl (C=O) groups excluding carboxylic acids is 1. The number of benzene rings is 1. The van der Waals surface area contributed by atoms with E-state index < -0.39 is 36.9 Å². The van der Waals surface area contributed by atoms with Crippen LogP contribution in [0.2, 0.25) is 0 Å². The van der Waals surface area contributed by atoms with Gasteiger partial charge in [0.2, 0.25) is 5.91 Å². The Morgan fingerprint density at radius 3 is 2.58 bits per heavy atom. The fourth-order valence-electron chi connectivity index (χ4n) is 2.93. The summed E-state index contributed by atoms with van der Waals surface area (Å²) in [6, 6.07) is 6.22. The highest BCUT2D eigenvalue weighted by Gasteiger charge is 2.49. The van der Waals surface area contributed by atoms with Gasteiger partial charge in [-0.05, 0) is 12.1 Å². The van der Waals surface area contributed by atoms with Crippen molar-refractivity contribution in [3.63, 3.8) is 0 Å². The van der Waals surface area contributed by atoms with E-state index in [9.17, 15) is 15.0 Å². The van der Waals surface area contributed by atoms with Gasteiger partial charge in [0.15, 0.2) is 12.6 Å². The average molecular weight is 339 g/mol. The Morgan fingerprint density at radius 2 is 1.96 bits per heavy atom. The van der Waals surface area contributed by atoms with E-state index in [0.717, 1.165) is 5.56 Å². The maximum Gasteiger partial charge on any atom is 0.217 e. The average Bonchev–Trinajstić information content (AvgIpc) is 2.58. The summed E-state index contributed by atoms with van der Waals surface area (Å²) in [7, 11) is 1.58. The molecule has 0 aromatic heterocycles. The fourth-order valence-corrected chi connectivity index (χ4v) is 2.93. The molecule has 8 nitrogen and oxygen atoms in total. The Hall–Kier alpha value is -1.71. The van der Waals surface area contributed by atoms with E-state index in [1.165, 1.54) is 6.92 Å². The van der Waals surface area contributed by atoms with E-state index in [1.807, 2.05) is 0 Å². The SMILES string of the molecule is COc1ccc([C@@H]2OC[C@@H]3O[C@H](O)[C@H](NC(C)=O)[C@@H](O)[C@@H]3O2)cc1. The zero-order valence-corrected chi connectivity index (χ0v) is 13.4. The van der Waals surface area contributed by atoms with E-state index in [1.54, 1.807) is 31.4 Å². The molecule has 8 heteroatoms. The summed E-state index contributed by atoms with van der Waals surface area (Å²) >= 11 is 0. The first-order valence-electron chi connectivity index (χ1n) is 7.69. The molecule has 0 bridgehead atoms. The molecule has 0 spiro atoms. The zero-order chi connectivity index (χ0) is 17.3. The number of hydrogen-bond acceptors (Lipinski definition) is 7. The zero-order valence-electron chi connectivity index (χ0n) is 13.4. The van der Waals surface area contributed by atoms with E-state index in [-0.39, 0.29) is 12.5 Å². The molecule has 2 aliphatic rings. The van der Waals surface area contributed by atoms with Crippen LogP contribution in [0.25, 0.3) is 0 Å². The summed E-state index contributed by atoms with van der Waals surface area (Å²) in [5, 5.41) is 22.9. The maximum absolute atomic E-state index is 11.2. The number of aliphatic hydroxyl groups excluding tert-OH is 2. The lowest BCUT2D eigenvalue weighted by Gasteiger charge is -2.46. The van der Waals surface area contributed by atoms with Crippen LogP contribution in [-0.2, 0) is 19.0 Å². The fraction of sp³-hybridized carbons (Fsp3) is 0.562. The second-order valence-electron chi connectivity index (χ2n) is 5.82. The monoisotopic (exact) mass is 339 g/mol. The molecule has 0 saturated carbocycles. The predicted molar refractivity (Wildman–Crippen MR) is 81.1 cm³/mol. The number of carbonyl (C=O) groups is 1. The van der Waals surface area contributed by atoms with Gasteiger partial charge in [-0.25, -0.2) is 0 Å². The molecule has 0 unspecified atom stereocenters. The van der Waals surface area contributed by atoms with E-state index >= 15 is 0 Å². The Balaban J connectivity index is 1.73. The standard InChI is InChI=1S/C16H21NO7/c1-8(18)17-12-13(19)14-11(23-15(12)20)7-22-16(24-14)9-3-5-10(21-2)6-4-9/h3-6,11-16,19-20H,7H2,1-2H3,(H,17,18)/t11-,12+,13+,14+,15-,16+/m0/s1. The van der Waals surface area contributed by atoms with Crippen LogP contribution < -0.4 is 10.1 Å². The van der Waals surface area contributed by atoms with E-state index in [2.05, 4.69) is 5.32 Å². The second-order valence-corrected chi connectivity index (χ2v) is 5.82. The molecule has 3 rings (SSSR count). The van der Waals surface area contributed by atoms with E-state index in [0.29, 0.717) is 5.75 Å². The Morgan fingerprint density at radius 1 is 1.25 bits per heavy atom.